The van der Waals surface area contributed by atoms with Crippen molar-refractivity contribution < 1.29 is 8.42 Å². The van der Waals surface area contributed by atoms with E-state index in [1.54, 1.807) is 12.1 Å². The molecule has 3 nitrogen and oxygen atoms in total. The second-order valence-electron chi connectivity index (χ2n) is 8.37. The molecule has 1 fully saturated rings. The molecule has 0 atom stereocenters. The number of nitrogens with zero attached hydrogens (tertiary/aromatic N) is 1. The van der Waals surface area contributed by atoms with Crippen molar-refractivity contribution >= 4 is 9.84 Å². The van der Waals surface area contributed by atoms with Crippen molar-refractivity contribution in [3.63, 3.8) is 0 Å². The lowest BCUT2D eigenvalue weighted by Crippen LogP contribution is -2.34. The third kappa shape index (κ3) is 8.31. The average molecular weight is 416 g/mol. The van der Waals surface area contributed by atoms with Gasteiger partial charge in [-0.15, -0.1) is 0 Å². The van der Waals surface area contributed by atoms with E-state index in [-0.39, 0.29) is 0 Å². The summed E-state index contributed by atoms with van der Waals surface area (Å²) in [6.45, 7) is 10.2. The first-order valence-corrected chi connectivity index (χ1v) is 12.7. The van der Waals surface area contributed by atoms with Crippen LogP contribution in [0.25, 0.3) is 0 Å². The number of sulfone groups is 1. The van der Waals surface area contributed by atoms with Crippen molar-refractivity contribution in [3.8, 4) is 0 Å². The lowest BCUT2D eigenvalue weighted by atomic mass is 9.99. The second kappa shape index (κ2) is 11.5. The zero-order chi connectivity index (χ0) is 21.3. The summed E-state index contributed by atoms with van der Waals surface area (Å²) in [6.07, 6.45) is 7.30. The Labute approximate surface area is 178 Å². The van der Waals surface area contributed by atoms with Gasteiger partial charge < -0.3 is 4.90 Å². The maximum atomic E-state index is 11.4. The van der Waals surface area contributed by atoms with E-state index >= 15 is 0 Å². The highest BCUT2D eigenvalue weighted by molar-refractivity contribution is 7.90. The van der Waals surface area contributed by atoms with E-state index in [4.69, 9.17) is 0 Å². The van der Waals surface area contributed by atoms with Crippen molar-refractivity contribution in [1.29, 1.82) is 0 Å². The Balaban J connectivity index is 0.000000253. The lowest BCUT2D eigenvalue weighted by Gasteiger charge is -2.30. The number of hydrogen-bond acceptors (Lipinski definition) is 3. The Morgan fingerprint density at radius 2 is 1.59 bits per heavy atom. The third-order valence-corrected chi connectivity index (χ3v) is 6.85. The molecule has 0 bridgehead atoms. The third-order valence-electron chi connectivity index (χ3n) is 5.73. The van der Waals surface area contributed by atoms with E-state index in [1.165, 1.54) is 61.7 Å². The number of benzene rings is 2. The van der Waals surface area contributed by atoms with Crippen LogP contribution in [0.2, 0.25) is 0 Å². The van der Waals surface area contributed by atoms with Crippen LogP contribution in [-0.4, -0.2) is 39.2 Å². The van der Waals surface area contributed by atoms with Crippen LogP contribution < -0.4 is 0 Å². The SMILES string of the molecule is CC1CCN(CCc2ccc(S(C)(=O)=O)cc2)CC1.CCCc1ccccc1C. The molecule has 1 aliphatic rings. The Bertz CT molecular complexity index is 835. The highest BCUT2D eigenvalue weighted by Crippen LogP contribution is 2.17. The monoisotopic (exact) mass is 415 g/mol. The maximum Gasteiger partial charge on any atom is 0.175 e. The molecular formula is C25H37NO2S. The van der Waals surface area contributed by atoms with Crippen molar-refractivity contribution in [1.82, 2.24) is 4.90 Å². The first-order chi connectivity index (χ1) is 13.8. The number of piperidine rings is 1. The molecule has 0 radical (unpaired) electrons. The molecule has 0 amide bonds. The number of hydrogen-bond donors (Lipinski definition) is 0. The highest BCUT2D eigenvalue weighted by Gasteiger charge is 2.15. The summed E-state index contributed by atoms with van der Waals surface area (Å²) in [4.78, 5) is 2.91. The molecule has 4 heteroatoms. The van der Waals surface area contributed by atoms with Crippen LogP contribution in [0.15, 0.2) is 53.4 Å². The molecule has 1 aliphatic heterocycles. The van der Waals surface area contributed by atoms with Crippen LogP contribution in [0.3, 0.4) is 0 Å². The smallest absolute Gasteiger partial charge is 0.175 e. The van der Waals surface area contributed by atoms with Gasteiger partial charge in [0.15, 0.2) is 9.84 Å². The first kappa shape index (κ1) is 23.6. The van der Waals surface area contributed by atoms with Crippen molar-refractivity contribution in [2.45, 2.75) is 57.8 Å². The number of rotatable bonds is 6. The van der Waals surface area contributed by atoms with Crippen LogP contribution in [0.4, 0.5) is 0 Å². The molecule has 1 heterocycles. The van der Waals surface area contributed by atoms with Crippen LogP contribution in [-0.2, 0) is 22.7 Å². The fourth-order valence-electron chi connectivity index (χ4n) is 3.64. The van der Waals surface area contributed by atoms with E-state index < -0.39 is 9.84 Å². The van der Waals surface area contributed by atoms with Gasteiger partial charge in [0.25, 0.3) is 0 Å². The average Bonchev–Trinajstić information content (AvgIpc) is 2.70. The quantitative estimate of drug-likeness (QED) is 0.641. The molecule has 2 aromatic carbocycles. The fraction of sp³-hybridized carbons (Fsp3) is 0.520. The van der Waals surface area contributed by atoms with Gasteiger partial charge in [-0.1, -0.05) is 56.7 Å². The van der Waals surface area contributed by atoms with Crippen LogP contribution in [0.1, 0.15) is 49.8 Å². The maximum absolute atomic E-state index is 11.4. The Morgan fingerprint density at radius 3 is 2.14 bits per heavy atom. The molecule has 0 N–H and O–H groups in total. The molecule has 0 aromatic heterocycles. The van der Waals surface area contributed by atoms with Gasteiger partial charge in [0.1, 0.15) is 0 Å². The van der Waals surface area contributed by atoms with Crippen LogP contribution >= 0.6 is 0 Å². The zero-order valence-electron chi connectivity index (χ0n) is 18.5. The highest BCUT2D eigenvalue weighted by atomic mass is 32.2. The summed E-state index contributed by atoms with van der Waals surface area (Å²) >= 11 is 0. The number of aryl methyl sites for hydroxylation is 2. The van der Waals surface area contributed by atoms with Crippen LogP contribution in [0, 0.1) is 12.8 Å². The summed E-state index contributed by atoms with van der Waals surface area (Å²) in [5, 5.41) is 0. The molecule has 160 valence electrons. The summed E-state index contributed by atoms with van der Waals surface area (Å²) in [6, 6.07) is 15.9. The minimum Gasteiger partial charge on any atom is -0.303 e. The van der Waals surface area contributed by atoms with Gasteiger partial charge in [0.05, 0.1) is 4.90 Å². The van der Waals surface area contributed by atoms with E-state index in [0.717, 1.165) is 18.9 Å². The van der Waals surface area contributed by atoms with Gasteiger partial charge in [0, 0.05) is 12.8 Å². The molecule has 0 unspecified atom stereocenters. The van der Waals surface area contributed by atoms with Crippen molar-refractivity contribution in [2.75, 3.05) is 25.9 Å². The molecule has 0 spiro atoms. The van der Waals surface area contributed by atoms with Crippen LogP contribution in [0.5, 0.6) is 0 Å². The summed E-state index contributed by atoms with van der Waals surface area (Å²) < 4.78 is 22.7. The molecular weight excluding hydrogens is 378 g/mol. The summed E-state index contributed by atoms with van der Waals surface area (Å²) in [5.41, 5.74) is 4.13. The van der Waals surface area contributed by atoms with Gasteiger partial charge >= 0.3 is 0 Å². The largest absolute Gasteiger partial charge is 0.303 e. The zero-order valence-corrected chi connectivity index (χ0v) is 19.3. The summed E-state index contributed by atoms with van der Waals surface area (Å²) in [5.74, 6) is 0.866. The normalized spacial score (nSPS) is 15.6. The lowest BCUT2D eigenvalue weighted by molar-refractivity contribution is 0.194. The predicted octanol–water partition coefficient (Wildman–Crippen LogP) is 5.31. The fourth-order valence-corrected chi connectivity index (χ4v) is 4.27. The minimum atomic E-state index is -3.07. The molecule has 0 aliphatic carbocycles. The number of likely N-dealkylation sites (tertiary alicyclic amines) is 1. The molecule has 2 aromatic rings. The van der Waals surface area contributed by atoms with Gasteiger partial charge in [-0.2, -0.15) is 0 Å². The first-order valence-electron chi connectivity index (χ1n) is 10.9. The summed E-state index contributed by atoms with van der Waals surface area (Å²) in [7, 11) is -3.07. The molecule has 0 saturated carbocycles. The Kier molecular flexibility index (Phi) is 9.38. The van der Waals surface area contributed by atoms with E-state index in [2.05, 4.69) is 49.9 Å². The standard InChI is InChI=1S/C15H23NO2S.C10H14/c1-13-7-10-16(11-8-13)12-9-14-3-5-15(6-4-14)19(2,17)18;1-3-6-10-8-5-4-7-9(10)2/h3-6,13H,7-12H2,1-2H3;4-5,7-8H,3,6H2,1-2H3. The Hall–Kier alpha value is -1.65. The Morgan fingerprint density at radius 1 is 0.966 bits per heavy atom. The topological polar surface area (TPSA) is 37.4 Å². The van der Waals surface area contributed by atoms with Crippen molar-refractivity contribution in [3.05, 3.63) is 65.2 Å². The minimum absolute atomic E-state index is 0.406. The molecule has 1 saturated heterocycles. The van der Waals surface area contributed by atoms with E-state index in [1.807, 2.05) is 12.1 Å². The predicted molar refractivity (Wildman–Crippen MR) is 123 cm³/mol. The molecule has 29 heavy (non-hydrogen) atoms. The van der Waals surface area contributed by atoms with Crippen molar-refractivity contribution in [2.24, 2.45) is 5.92 Å². The van der Waals surface area contributed by atoms with Gasteiger partial charge in [0.2, 0.25) is 0 Å². The van der Waals surface area contributed by atoms with E-state index in [9.17, 15) is 8.42 Å². The van der Waals surface area contributed by atoms with Gasteiger partial charge in [-0.05, 0) is 80.4 Å². The van der Waals surface area contributed by atoms with E-state index in [0.29, 0.717) is 4.90 Å². The molecule has 3 rings (SSSR count). The van der Waals surface area contributed by atoms with Gasteiger partial charge in [-0.3, -0.25) is 0 Å². The second-order valence-corrected chi connectivity index (χ2v) is 10.4. The van der Waals surface area contributed by atoms with Gasteiger partial charge in [-0.25, -0.2) is 8.42 Å².